The van der Waals surface area contributed by atoms with Gasteiger partial charge in [0.1, 0.15) is 5.75 Å². The van der Waals surface area contributed by atoms with E-state index < -0.39 is 0 Å². The van der Waals surface area contributed by atoms with E-state index in [0.29, 0.717) is 18.1 Å². The van der Waals surface area contributed by atoms with Crippen molar-refractivity contribution in [3.8, 4) is 5.75 Å². The van der Waals surface area contributed by atoms with Gasteiger partial charge in [0, 0.05) is 32.3 Å². The first-order valence-electron chi connectivity index (χ1n) is 10.0. The number of ether oxygens (including phenoxy) is 1. The highest BCUT2D eigenvalue weighted by molar-refractivity contribution is 5.76. The Morgan fingerprint density at radius 3 is 2.90 bits per heavy atom. The third-order valence-electron chi connectivity index (χ3n) is 5.24. The van der Waals surface area contributed by atoms with Gasteiger partial charge < -0.3 is 20.3 Å². The topological polar surface area (TPSA) is 97.2 Å². The van der Waals surface area contributed by atoms with Crippen LogP contribution in [0.1, 0.15) is 25.0 Å². The zero-order valence-corrected chi connectivity index (χ0v) is 17.8. The van der Waals surface area contributed by atoms with Crippen molar-refractivity contribution in [3.63, 3.8) is 0 Å². The van der Waals surface area contributed by atoms with E-state index in [-0.39, 0.29) is 11.9 Å². The Kier molecular flexibility index (Phi) is 5.54. The molecule has 0 fully saturated rings. The SMILES string of the molecule is COc1cc2c(cc1Nc1ncc3cnn(C[C@H](C)NC(C)=O)c3n1)CN(C)CC2. The van der Waals surface area contributed by atoms with E-state index in [1.165, 1.54) is 18.1 Å². The molecule has 2 N–H and O–H groups in total. The molecule has 1 atom stereocenters. The van der Waals surface area contributed by atoms with E-state index in [0.717, 1.165) is 36.3 Å². The number of likely N-dealkylation sites (N-methyl/N-ethyl adjacent to an activating group) is 1. The molecule has 1 aliphatic rings. The molecule has 0 unspecified atom stereocenters. The van der Waals surface area contributed by atoms with Crippen molar-refractivity contribution < 1.29 is 9.53 Å². The summed E-state index contributed by atoms with van der Waals surface area (Å²) in [6.07, 6.45) is 4.49. The van der Waals surface area contributed by atoms with Crippen LogP contribution in [0.4, 0.5) is 11.6 Å². The van der Waals surface area contributed by atoms with E-state index in [4.69, 9.17) is 4.74 Å². The van der Waals surface area contributed by atoms with Gasteiger partial charge in [0.2, 0.25) is 11.9 Å². The molecule has 1 aromatic carbocycles. The second kappa shape index (κ2) is 8.27. The van der Waals surface area contributed by atoms with Crippen LogP contribution in [0.3, 0.4) is 0 Å². The molecular formula is C21H27N7O2. The van der Waals surface area contributed by atoms with E-state index in [9.17, 15) is 4.79 Å². The molecule has 0 radical (unpaired) electrons. The fourth-order valence-corrected chi connectivity index (χ4v) is 3.83. The van der Waals surface area contributed by atoms with Crippen molar-refractivity contribution in [1.82, 2.24) is 30.0 Å². The summed E-state index contributed by atoms with van der Waals surface area (Å²) in [7, 11) is 3.80. The van der Waals surface area contributed by atoms with Gasteiger partial charge >= 0.3 is 0 Å². The number of benzene rings is 1. The summed E-state index contributed by atoms with van der Waals surface area (Å²) in [4.78, 5) is 22.7. The summed E-state index contributed by atoms with van der Waals surface area (Å²) < 4.78 is 7.39. The van der Waals surface area contributed by atoms with Gasteiger partial charge in [-0.05, 0) is 43.7 Å². The smallest absolute Gasteiger partial charge is 0.229 e. The van der Waals surface area contributed by atoms with Gasteiger partial charge in [0.25, 0.3) is 0 Å². The third-order valence-corrected chi connectivity index (χ3v) is 5.24. The number of aromatic nitrogens is 4. The first-order valence-corrected chi connectivity index (χ1v) is 10.0. The summed E-state index contributed by atoms with van der Waals surface area (Å²) in [5.74, 6) is 1.18. The molecule has 158 valence electrons. The number of carbonyl (C=O) groups is 1. The normalized spacial score (nSPS) is 14.9. The van der Waals surface area contributed by atoms with Crippen molar-refractivity contribution in [2.45, 2.75) is 39.4 Å². The number of methoxy groups -OCH3 is 1. The molecule has 1 amide bonds. The fourth-order valence-electron chi connectivity index (χ4n) is 3.83. The molecule has 3 aromatic rings. The van der Waals surface area contributed by atoms with Crippen LogP contribution in [0, 0.1) is 0 Å². The summed E-state index contributed by atoms with van der Waals surface area (Å²) in [5.41, 5.74) is 4.14. The zero-order chi connectivity index (χ0) is 21.3. The maximum Gasteiger partial charge on any atom is 0.229 e. The monoisotopic (exact) mass is 409 g/mol. The second-order valence-corrected chi connectivity index (χ2v) is 7.83. The van der Waals surface area contributed by atoms with Crippen LogP contribution >= 0.6 is 0 Å². The average molecular weight is 409 g/mol. The number of rotatable bonds is 6. The molecule has 1 aliphatic heterocycles. The van der Waals surface area contributed by atoms with Gasteiger partial charge in [-0.25, -0.2) is 9.67 Å². The van der Waals surface area contributed by atoms with Crippen LogP contribution < -0.4 is 15.4 Å². The number of nitrogens with one attached hydrogen (secondary N) is 2. The number of fused-ring (bicyclic) bond motifs is 2. The minimum absolute atomic E-state index is 0.0605. The van der Waals surface area contributed by atoms with Crippen molar-refractivity contribution >= 4 is 28.6 Å². The highest BCUT2D eigenvalue weighted by atomic mass is 16.5. The summed E-state index contributed by atoms with van der Waals surface area (Å²) >= 11 is 0. The minimum atomic E-state index is -0.0684. The van der Waals surface area contributed by atoms with Crippen molar-refractivity contribution in [2.24, 2.45) is 0 Å². The second-order valence-electron chi connectivity index (χ2n) is 7.83. The summed E-state index contributed by atoms with van der Waals surface area (Å²) in [6, 6.07) is 4.16. The van der Waals surface area contributed by atoms with Crippen molar-refractivity contribution in [1.29, 1.82) is 0 Å². The van der Waals surface area contributed by atoms with Crippen LogP contribution in [0.2, 0.25) is 0 Å². The van der Waals surface area contributed by atoms with E-state index in [1.807, 2.05) is 6.92 Å². The number of carbonyl (C=O) groups excluding carboxylic acids is 1. The summed E-state index contributed by atoms with van der Waals surface area (Å²) in [5, 5.41) is 11.4. The Morgan fingerprint density at radius 2 is 2.13 bits per heavy atom. The maximum atomic E-state index is 11.3. The fraction of sp³-hybridized carbons (Fsp3) is 0.429. The van der Waals surface area contributed by atoms with Gasteiger partial charge in [0.05, 0.1) is 30.9 Å². The predicted octanol–water partition coefficient (Wildman–Crippen LogP) is 2.09. The number of amides is 1. The lowest BCUT2D eigenvalue weighted by molar-refractivity contribution is -0.119. The summed E-state index contributed by atoms with van der Waals surface area (Å²) in [6.45, 7) is 5.91. The maximum absolute atomic E-state index is 11.3. The Hall–Kier alpha value is -3.20. The zero-order valence-electron chi connectivity index (χ0n) is 17.8. The van der Waals surface area contributed by atoms with E-state index in [2.05, 4.69) is 49.8 Å². The van der Waals surface area contributed by atoms with Crippen LogP contribution in [0.5, 0.6) is 5.75 Å². The molecule has 0 spiro atoms. The van der Waals surface area contributed by atoms with Gasteiger partial charge in [-0.1, -0.05) is 0 Å². The highest BCUT2D eigenvalue weighted by Gasteiger charge is 2.18. The van der Waals surface area contributed by atoms with Crippen LogP contribution in [0.25, 0.3) is 11.0 Å². The Balaban J connectivity index is 1.62. The molecule has 0 aliphatic carbocycles. The van der Waals surface area contributed by atoms with Gasteiger partial charge in [-0.2, -0.15) is 10.1 Å². The quantitative estimate of drug-likeness (QED) is 0.643. The largest absolute Gasteiger partial charge is 0.495 e. The Morgan fingerprint density at radius 1 is 1.30 bits per heavy atom. The molecule has 3 heterocycles. The number of nitrogens with zero attached hydrogens (tertiary/aromatic N) is 5. The number of hydrogen-bond acceptors (Lipinski definition) is 7. The number of anilines is 2. The van der Waals surface area contributed by atoms with Crippen molar-refractivity contribution in [3.05, 3.63) is 35.7 Å². The van der Waals surface area contributed by atoms with Crippen molar-refractivity contribution in [2.75, 3.05) is 26.0 Å². The average Bonchev–Trinajstić information content (AvgIpc) is 3.08. The molecule has 0 saturated heterocycles. The molecule has 30 heavy (non-hydrogen) atoms. The van der Waals surface area contributed by atoms with Gasteiger partial charge in [0.15, 0.2) is 5.65 Å². The van der Waals surface area contributed by atoms with Crippen LogP contribution in [0.15, 0.2) is 24.5 Å². The minimum Gasteiger partial charge on any atom is -0.495 e. The Bertz CT molecular complexity index is 1080. The lowest BCUT2D eigenvalue weighted by Crippen LogP contribution is -2.34. The van der Waals surface area contributed by atoms with Gasteiger partial charge in [-0.15, -0.1) is 0 Å². The first-order chi connectivity index (χ1) is 14.4. The lowest BCUT2D eigenvalue weighted by atomic mass is 9.99. The number of hydrogen-bond donors (Lipinski definition) is 2. The molecule has 0 saturated carbocycles. The van der Waals surface area contributed by atoms with Crippen LogP contribution in [-0.4, -0.2) is 57.3 Å². The molecule has 4 rings (SSSR count). The lowest BCUT2D eigenvalue weighted by Gasteiger charge is -2.26. The molecule has 9 heteroatoms. The molecule has 0 bridgehead atoms. The molecule has 9 nitrogen and oxygen atoms in total. The highest BCUT2D eigenvalue weighted by Crippen LogP contribution is 2.33. The Labute approximate surface area is 175 Å². The standard InChI is InChI=1S/C21H27N7O2/c1-13(24-14(2)29)11-28-20-17(10-23-28)9-22-21(26-20)25-18-7-16-12-27(3)6-5-15(16)8-19(18)30-4/h7-10,13H,5-6,11-12H2,1-4H3,(H,24,29)(H,22,25,26)/t13-/m0/s1. The van der Waals surface area contributed by atoms with E-state index in [1.54, 1.807) is 24.2 Å². The van der Waals surface area contributed by atoms with Crippen LogP contribution in [-0.2, 0) is 24.3 Å². The molecule has 2 aromatic heterocycles. The third kappa shape index (κ3) is 4.20. The predicted molar refractivity (Wildman–Crippen MR) is 115 cm³/mol. The van der Waals surface area contributed by atoms with Gasteiger partial charge in [-0.3, -0.25) is 4.79 Å². The first kappa shape index (κ1) is 20.1. The molecular weight excluding hydrogens is 382 g/mol. The van der Waals surface area contributed by atoms with E-state index >= 15 is 0 Å².